The van der Waals surface area contributed by atoms with Crippen LogP contribution < -0.4 is 11.5 Å². The van der Waals surface area contributed by atoms with E-state index in [0.717, 1.165) is 25.7 Å². The molecule has 6 heteroatoms. The normalized spacial score (nSPS) is 15.2. The highest BCUT2D eigenvalue weighted by Gasteiger charge is 2.29. The highest BCUT2D eigenvalue weighted by atomic mass is 35.5. The van der Waals surface area contributed by atoms with Crippen LogP contribution in [0.1, 0.15) is 36.0 Å². The molecule has 0 bridgehead atoms. The maximum Gasteiger partial charge on any atom is 0.256 e. The molecule has 4 N–H and O–H groups in total. The number of halogens is 1. The van der Waals surface area contributed by atoms with Gasteiger partial charge in [-0.3, -0.25) is 9.59 Å². The Kier molecular flexibility index (Phi) is 4.49. The molecule has 0 spiro atoms. The van der Waals surface area contributed by atoms with Crippen LogP contribution in [0.4, 0.5) is 5.69 Å². The third-order valence-electron chi connectivity index (χ3n) is 3.57. The van der Waals surface area contributed by atoms with E-state index in [9.17, 15) is 9.59 Å². The van der Waals surface area contributed by atoms with Gasteiger partial charge in [-0.25, -0.2) is 0 Å². The van der Waals surface area contributed by atoms with Crippen molar-refractivity contribution in [2.24, 2.45) is 5.73 Å². The topological polar surface area (TPSA) is 89.4 Å². The average molecular weight is 296 g/mol. The first-order valence-corrected chi connectivity index (χ1v) is 7.01. The predicted molar refractivity (Wildman–Crippen MR) is 78.4 cm³/mol. The molecular formula is C14H18ClN3O2. The van der Waals surface area contributed by atoms with Gasteiger partial charge in [0.1, 0.15) is 0 Å². The number of nitrogens with two attached hydrogens (primary N) is 2. The Morgan fingerprint density at radius 2 is 1.95 bits per heavy atom. The largest absolute Gasteiger partial charge is 0.399 e. The Bertz CT molecular complexity index is 527. The smallest absolute Gasteiger partial charge is 0.256 e. The van der Waals surface area contributed by atoms with E-state index in [2.05, 4.69) is 0 Å². The lowest BCUT2D eigenvalue weighted by Gasteiger charge is -2.28. The highest BCUT2D eigenvalue weighted by Crippen LogP contribution is 2.27. The molecule has 1 aromatic carbocycles. The third kappa shape index (κ3) is 3.22. The molecule has 0 unspecified atom stereocenters. The SMILES string of the molecule is NC(=O)CN(C(=O)c1cc(N)ccc1Cl)C1CCCC1. The second-order valence-corrected chi connectivity index (χ2v) is 5.48. The number of anilines is 1. The summed E-state index contributed by atoms with van der Waals surface area (Å²) in [6.45, 7) is -0.0887. The van der Waals surface area contributed by atoms with Crippen LogP contribution in [0, 0.1) is 0 Å². The first kappa shape index (κ1) is 14.7. The molecule has 108 valence electrons. The van der Waals surface area contributed by atoms with Crippen LogP contribution in [0.3, 0.4) is 0 Å². The fourth-order valence-electron chi connectivity index (χ4n) is 2.61. The number of nitrogens with zero attached hydrogens (tertiary/aromatic N) is 1. The maximum absolute atomic E-state index is 12.6. The fraction of sp³-hybridized carbons (Fsp3) is 0.429. The number of primary amides is 1. The Morgan fingerprint density at radius 3 is 2.55 bits per heavy atom. The number of hydrogen-bond donors (Lipinski definition) is 2. The van der Waals surface area contributed by atoms with Crippen molar-refractivity contribution in [3.63, 3.8) is 0 Å². The van der Waals surface area contributed by atoms with Gasteiger partial charge in [0.25, 0.3) is 5.91 Å². The van der Waals surface area contributed by atoms with Crippen molar-refractivity contribution in [3.05, 3.63) is 28.8 Å². The summed E-state index contributed by atoms with van der Waals surface area (Å²) in [5.41, 5.74) is 11.7. The molecule has 0 aromatic heterocycles. The van der Waals surface area contributed by atoms with Crippen LogP contribution in [0.5, 0.6) is 0 Å². The molecule has 5 nitrogen and oxygen atoms in total. The van der Waals surface area contributed by atoms with Gasteiger partial charge in [-0.15, -0.1) is 0 Å². The van der Waals surface area contributed by atoms with E-state index in [1.165, 1.54) is 11.0 Å². The lowest BCUT2D eigenvalue weighted by atomic mass is 10.1. The molecule has 0 saturated heterocycles. The molecule has 1 saturated carbocycles. The minimum absolute atomic E-state index is 0.0486. The predicted octanol–water partition coefficient (Wildman–Crippen LogP) is 1.79. The first-order valence-electron chi connectivity index (χ1n) is 6.63. The van der Waals surface area contributed by atoms with Crippen molar-refractivity contribution in [2.75, 3.05) is 12.3 Å². The minimum Gasteiger partial charge on any atom is -0.399 e. The number of benzene rings is 1. The minimum atomic E-state index is -0.523. The molecule has 20 heavy (non-hydrogen) atoms. The number of carbonyl (C=O) groups excluding carboxylic acids is 2. The van der Waals surface area contributed by atoms with E-state index >= 15 is 0 Å². The van der Waals surface area contributed by atoms with Gasteiger partial charge >= 0.3 is 0 Å². The zero-order chi connectivity index (χ0) is 14.7. The summed E-state index contributed by atoms with van der Waals surface area (Å²) in [6, 6.07) is 4.80. The van der Waals surface area contributed by atoms with Gasteiger partial charge in [-0.1, -0.05) is 24.4 Å². The van der Waals surface area contributed by atoms with Crippen molar-refractivity contribution < 1.29 is 9.59 Å². The van der Waals surface area contributed by atoms with Gasteiger partial charge in [0.05, 0.1) is 17.1 Å². The van der Waals surface area contributed by atoms with Gasteiger partial charge in [0.15, 0.2) is 0 Å². The van der Waals surface area contributed by atoms with Gasteiger partial charge < -0.3 is 16.4 Å². The summed E-state index contributed by atoms with van der Waals surface area (Å²) in [5.74, 6) is -0.807. The monoisotopic (exact) mass is 295 g/mol. The quantitative estimate of drug-likeness (QED) is 0.830. The summed E-state index contributed by atoms with van der Waals surface area (Å²) >= 11 is 6.06. The van der Waals surface area contributed by atoms with Crippen molar-refractivity contribution >= 4 is 29.1 Å². The van der Waals surface area contributed by atoms with Crippen LogP contribution in [0.25, 0.3) is 0 Å². The molecule has 0 radical (unpaired) electrons. The van der Waals surface area contributed by atoms with Gasteiger partial charge in [0, 0.05) is 11.7 Å². The second kappa shape index (κ2) is 6.13. The molecule has 0 aliphatic heterocycles. The van der Waals surface area contributed by atoms with Crippen LogP contribution in [0.2, 0.25) is 5.02 Å². The van der Waals surface area contributed by atoms with Crippen LogP contribution >= 0.6 is 11.6 Å². The van der Waals surface area contributed by atoms with Gasteiger partial charge in [-0.2, -0.15) is 0 Å². The lowest BCUT2D eigenvalue weighted by molar-refractivity contribution is -0.119. The van der Waals surface area contributed by atoms with Crippen LogP contribution in [0.15, 0.2) is 18.2 Å². The van der Waals surface area contributed by atoms with Gasteiger partial charge in [0.2, 0.25) is 5.91 Å². The number of rotatable bonds is 4. The highest BCUT2D eigenvalue weighted by molar-refractivity contribution is 6.34. The Hall–Kier alpha value is -1.75. The summed E-state index contributed by atoms with van der Waals surface area (Å²) in [5, 5.41) is 0.330. The molecule has 1 aliphatic rings. The van der Waals surface area contributed by atoms with Gasteiger partial charge in [-0.05, 0) is 31.0 Å². The standard InChI is InChI=1S/C14H18ClN3O2/c15-12-6-5-9(16)7-11(12)14(20)18(8-13(17)19)10-3-1-2-4-10/h5-7,10H,1-4,8,16H2,(H2,17,19). The number of hydrogen-bond acceptors (Lipinski definition) is 3. The average Bonchev–Trinajstić information content (AvgIpc) is 2.91. The Labute approximate surface area is 122 Å². The first-order chi connectivity index (χ1) is 9.49. The van der Waals surface area contributed by atoms with Crippen molar-refractivity contribution in [3.8, 4) is 0 Å². The molecule has 0 atom stereocenters. The van der Waals surface area contributed by atoms with E-state index in [1.807, 2.05) is 0 Å². The fourth-order valence-corrected chi connectivity index (χ4v) is 2.81. The molecule has 0 heterocycles. The zero-order valence-electron chi connectivity index (χ0n) is 11.1. The molecular weight excluding hydrogens is 278 g/mol. The van der Waals surface area contributed by atoms with Crippen molar-refractivity contribution in [1.29, 1.82) is 0 Å². The lowest BCUT2D eigenvalue weighted by Crippen LogP contribution is -2.44. The molecule has 1 aliphatic carbocycles. The zero-order valence-corrected chi connectivity index (χ0v) is 11.9. The summed E-state index contributed by atoms with van der Waals surface area (Å²) in [7, 11) is 0. The molecule has 1 fully saturated rings. The third-order valence-corrected chi connectivity index (χ3v) is 3.90. The Morgan fingerprint density at radius 1 is 1.30 bits per heavy atom. The number of amides is 2. The number of carbonyl (C=O) groups is 2. The molecule has 2 amide bonds. The van der Waals surface area contributed by atoms with E-state index in [1.54, 1.807) is 12.1 Å². The summed E-state index contributed by atoms with van der Waals surface area (Å²) in [6.07, 6.45) is 3.88. The Balaban J connectivity index is 2.29. The summed E-state index contributed by atoms with van der Waals surface area (Å²) < 4.78 is 0. The van der Waals surface area contributed by atoms with Crippen LogP contribution in [-0.2, 0) is 4.79 Å². The van der Waals surface area contributed by atoms with E-state index < -0.39 is 5.91 Å². The summed E-state index contributed by atoms with van der Waals surface area (Å²) in [4.78, 5) is 25.4. The number of nitrogen functional groups attached to an aromatic ring is 1. The van der Waals surface area contributed by atoms with E-state index in [0.29, 0.717) is 16.3 Å². The van der Waals surface area contributed by atoms with E-state index in [4.69, 9.17) is 23.1 Å². The molecule has 1 aromatic rings. The van der Waals surface area contributed by atoms with Crippen molar-refractivity contribution in [2.45, 2.75) is 31.7 Å². The van der Waals surface area contributed by atoms with Crippen molar-refractivity contribution in [1.82, 2.24) is 4.90 Å². The maximum atomic E-state index is 12.6. The second-order valence-electron chi connectivity index (χ2n) is 5.08. The molecule has 2 rings (SSSR count). The van der Waals surface area contributed by atoms with Crippen LogP contribution in [-0.4, -0.2) is 29.3 Å². The van der Waals surface area contributed by atoms with E-state index in [-0.39, 0.29) is 18.5 Å².